The second kappa shape index (κ2) is 8.37. The third-order valence-electron chi connectivity index (χ3n) is 4.59. The molecule has 0 saturated carbocycles. The smallest absolute Gasteiger partial charge is 0.261 e. The second-order valence-electron chi connectivity index (χ2n) is 6.59. The van der Waals surface area contributed by atoms with Gasteiger partial charge in [0.25, 0.3) is 10.0 Å². The summed E-state index contributed by atoms with van der Waals surface area (Å²) in [7, 11) is -3.60. The average molecular weight is 368 g/mol. The van der Waals surface area contributed by atoms with E-state index in [9.17, 15) is 8.42 Å². The van der Waals surface area contributed by atoms with Gasteiger partial charge in [0.1, 0.15) is 0 Å². The van der Waals surface area contributed by atoms with Crippen molar-refractivity contribution in [1.29, 1.82) is 0 Å². The number of benzene rings is 3. The van der Waals surface area contributed by atoms with Gasteiger partial charge in [0, 0.05) is 5.39 Å². The lowest BCUT2D eigenvalue weighted by atomic mass is 10.1. The third-order valence-corrected chi connectivity index (χ3v) is 5.97. The van der Waals surface area contributed by atoms with E-state index in [2.05, 4.69) is 11.6 Å². The fourth-order valence-electron chi connectivity index (χ4n) is 3.11. The van der Waals surface area contributed by atoms with Crippen LogP contribution < -0.4 is 4.72 Å². The van der Waals surface area contributed by atoms with Gasteiger partial charge in [-0.2, -0.15) is 0 Å². The zero-order chi connectivity index (χ0) is 18.4. The summed E-state index contributed by atoms with van der Waals surface area (Å²) >= 11 is 0. The Bertz CT molecular complexity index is 958. The maximum Gasteiger partial charge on any atom is 0.261 e. The Morgan fingerprint density at radius 1 is 0.808 bits per heavy atom. The van der Waals surface area contributed by atoms with Gasteiger partial charge in [-0.3, -0.25) is 4.72 Å². The van der Waals surface area contributed by atoms with Crippen LogP contribution in [0.4, 0.5) is 5.69 Å². The molecule has 3 nitrogen and oxygen atoms in total. The number of sulfonamides is 1. The molecule has 0 spiro atoms. The Labute approximate surface area is 156 Å². The molecule has 0 aliphatic heterocycles. The highest BCUT2D eigenvalue weighted by atomic mass is 32.2. The molecular formula is C22H25NO2S. The molecule has 3 rings (SSSR count). The van der Waals surface area contributed by atoms with Crippen LogP contribution in [0.1, 0.15) is 38.2 Å². The normalized spacial score (nSPS) is 11.6. The monoisotopic (exact) mass is 367 g/mol. The highest BCUT2D eigenvalue weighted by Gasteiger charge is 2.15. The predicted molar refractivity (Wildman–Crippen MR) is 109 cm³/mol. The number of unbranched alkanes of at least 4 members (excludes halogenated alkanes) is 3. The van der Waals surface area contributed by atoms with E-state index in [0.717, 1.165) is 23.6 Å². The van der Waals surface area contributed by atoms with E-state index < -0.39 is 10.0 Å². The SMILES string of the molecule is CCCCCCc1ccc(S(=O)(=O)Nc2cccc3ccccc23)cc1. The van der Waals surface area contributed by atoms with Crippen LogP contribution in [0.3, 0.4) is 0 Å². The Hall–Kier alpha value is -2.33. The Balaban J connectivity index is 1.75. The van der Waals surface area contributed by atoms with E-state index in [1.807, 2.05) is 48.5 Å². The van der Waals surface area contributed by atoms with Crippen molar-refractivity contribution >= 4 is 26.5 Å². The summed E-state index contributed by atoms with van der Waals surface area (Å²) in [6, 6.07) is 20.6. The molecule has 0 atom stereocenters. The summed E-state index contributed by atoms with van der Waals surface area (Å²) in [5, 5.41) is 1.90. The van der Waals surface area contributed by atoms with E-state index >= 15 is 0 Å². The fraction of sp³-hybridized carbons (Fsp3) is 0.273. The molecule has 0 radical (unpaired) electrons. The quantitative estimate of drug-likeness (QED) is 0.514. The topological polar surface area (TPSA) is 46.2 Å². The second-order valence-corrected chi connectivity index (χ2v) is 8.27. The molecule has 0 fully saturated rings. The predicted octanol–water partition coefficient (Wildman–Crippen LogP) is 5.76. The lowest BCUT2D eigenvalue weighted by Gasteiger charge is -2.11. The van der Waals surface area contributed by atoms with Crippen molar-refractivity contribution in [3.8, 4) is 0 Å². The Kier molecular flexibility index (Phi) is 5.94. The molecule has 0 saturated heterocycles. The Morgan fingerprint density at radius 3 is 2.31 bits per heavy atom. The third kappa shape index (κ3) is 4.44. The molecule has 0 aliphatic rings. The van der Waals surface area contributed by atoms with E-state index in [0.29, 0.717) is 10.6 Å². The molecule has 0 amide bonds. The first kappa shape index (κ1) is 18.5. The molecule has 26 heavy (non-hydrogen) atoms. The maximum absolute atomic E-state index is 12.7. The van der Waals surface area contributed by atoms with Crippen LogP contribution in [0.15, 0.2) is 71.6 Å². The van der Waals surface area contributed by atoms with Crippen LogP contribution in [0.25, 0.3) is 10.8 Å². The molecule has 0 aromatic heterocycles. The first-order valence-electron chi connectivity index (χ1n) is 9.19. The van der Waals surface area contributed by atoms with Gasteiger partial charge in [-0.05, 0) is 42.0 Å². The van der Waals surface area contributed by atoms with Crippen molar-refractivity contribution in [2.24, 2.45) is 0 Å². The lowest BCUT2D eigenvalue weighted by Crippen LogP contribution is -2.13. The van der Waals surface area contributed by atoms with Crippen LogP contribution in [-0.4, -0.2) is 8.42 Å². The lowest BCUT2D eigenvalue weighted by molar-refractivity contribution is 0.601. The standard InChI is InChI=1S/C22H25NO2S/c1-2-3-4-5-9-18-14-16-20(17-15-18)26(24,25)23-22-13-8-11-19-10-6-7-12-21(19)22/h6-8,10-17,23H,2-5,9H2,1H3. The summed E-state index contributed by atoms with van der Waals surface area (Å²) in [5.41, 5.74) is 1.79. The van der Waals surface area contributed by atoms with E-state index in [1.165, 1.54) is 24.8 Å². The number of hydrogen-bond donors (Lipinski definition) is 1. The molecule has 0 aliphatic carbocycles. The number of hydrogen-bond acceptors (Lipinski definition) is 2. The summed E-state index contributed by atoms with van der Waals surface area (Å²) in [6.07, 6.45) is 5.84. The van der Waals surface area contributed by atoms with Crippen molar-refractivity contribution in [3.63, 3.8) is 0 Å². The molecule has 0 heterocycles. The van der Waals surface area contributed by atoms with Crippen molar-refractivity contribution in [3.05, 3.63) is 72.3 Å². The average Bonchev–Trinajstić information content (AvgIpc) is 2.66. The van der Waals surface area contributed by atoms with Crippen molar-refractivity contribution in [2.75, 3.05) is 4.72 Å². The number of nitrogens with one attached hydrogen (secondary N) is 1. The highest BCUT2D eigenvalue weighted by molar-refractivity contribution is 7.92. The molecule has 0 bridgehead atoms. The molecule has 136 valence electrons. The molecule has 1 N–H and O–H groups in total. The highest BCUT2D eigenvalue weighted by Crippen LogP contribution is 2.25. The largest absolute Gasteiger partial charge is 0.279 e. The van der Waals surface area contributed by atoms with E-state index in [-0.39, 0.29) is 0 Å². The van der Waals surface area contributed by atoms with Crippen LogP contribution in [0.5, 0.6) is 0 Å². The number of fused-ring (bicyclic) bond motifs is 1. The minimum atomic E-state index is -3.60. The first-order valence-corrected chi connectivity index (χ1v) is 10.7. The van der Waals surface area contributed by atoms with Gasteiger partial charge in [0.2, 0.25) is 0 Å². The maximum atomic E-state index is 12.7. The van der Waals surface area contributed by atoms with Gasteiger partial charge in [0.05, 0.1) is 10.6 Å². The molecule has 0 unspecified atom stereocenters. The first-order chi connectivity index (χ1) is 12.6. The molecule has 3 aromatic carbocycles. The van der Waals surface area contributed by atoms with Gasteiger partial charge in [-0.15, -0.1) is 0 Å². The van der Waals surface area contributed by atoms with Gasteiger partial charge >= 0.3 is 0 Å². The van der Waals surface area contributed by atoms with Gasteiger partial charge in [-0.25, -0.2) is 8.42 Å². The fourth-order valence-corrected chi connectivity index (χ4v) is 4.19. The van der Waals surface area contributed by atoms with Crippen LogP contribution in [0, 0.1) is 0 Å². The Morgan fingerprint density at radius 2 is 1.54 bits per heavy atom. The van der Waals surface area contributed by atoms with Crippen molar-refractivity contribution < 1.29 is 8.42 Å². The van der Waals surface area contributed by atoms with Crippen molar-refractivity contribution in [2.45, 2.75) is 43.9 Å². The minimum absolute atomic E-state index is 0.294. The van der Waals surface area contributed by atoms with Gasteiger partial charge in [-0.1, -0.05) is 74.7 Å². The molecule has 3 aromatic rings. The number of anilines is 1. The zero-order valence-corrected chi connectivity index (χ0v) is 15.9. The van der Waals surface area contributed by atoms with E-state index in [1.54, 1.807) is 18.2 Å². The van der Waals surface area contributed by atoms with Gasteiger partial charge < -0.3 is 0 Å². The zero-order valence-electron chi connectivity index (χ0n) is 15.1. The summed E-state index contributed by atoms with van der Waals surface area (Å²) in [5.74, 6) is 0. The number of aryl methyl sites for hydroxylation is 1. The van der Waals surface area contributed by atoms with E-state index in [4.69, 9.17) is 0 Å². The van der Waals surface area contributed by atoms with Gasteiger partial charge in [0.15, 0.2) is 0 Å². The number of rotatable bonds is 8. The molecular weight excluding hydrogens is 342 g/mol. The van der Waals surface area contributed by atoms with Crippen LogP contribution >= 0.6 is 0 Å². The van der Waals surface area contributed by atoms with Crippen LogP contribution in [0.2, 0.25) is 0 Å². The summed E-state index contributed by atoms with van der Waals surface area (Å²) in [4.78, 5) is 0.294. The van der Waals surface area contributed by atoms with Crippen molar-refractivity contribution in [1.82, 2.24) is 0 Å². The summed E-state index contributed by atoms with van der Waals surface area (Å²) < 4.78 is 28.2. The molecule has 4 heteroatoms. The summed E-state index contributed by atoms with van der Waals surface area (Å²) in [6.45, 7) is 2.20. The minimum Gasteiger partial charge on any atom is -0.279 e. The van der Waals surface area contributed by atoms with Crippen LogP contribution in [-0.2, 0) is 16.4 Å².